The molecule has 0 saturated carbocycles. The van der Waals surface area contributed by atoms with Crippen LogP contribution in [0.15, 0.2) is 36.4 Å². The van der Waals surface area contributed by atoms with Gasteiger partial charge in [0, 0.05) is 24.5 Å². The third-order valence-electron chi connectivity index (χ3n) is 3.22. The van der Waals surface area contributed by atoms with Crippen molar-refractivity contribution in [3.05, 3.63) is 36.4 Å². The zero-order chi connectivity index (χ0) is 16.9. The standard InChI is InChI=1S/C15H21N5O2S/c1-4-20(5-2)13-8-6-12(7-9-13)16-14-10-11-15(18-17-14)19-23(3,21)22/h6-11H,4-5H2,1-3H3,(H,16,17)(H,18,19). The highest BCUT2D eigenvalue weighted by Gasteiger charge is 2.05. The summed E-state index contributed by atoms with van der Waals surface area (Å²) in [5.74, 6) is 0.731. The molecule has 124 valence electrons. The van der Waals surface area contributed by atoms with Gasteiger partial charge < -0.3 is 10.2 Å². The Morgan fingerprint density at radius 1 is 0.957 bits per heavy atom. The van der Waals surface area contributed by atoms with Gasteiger partial charge in [-0.25, -0.2) is 8.42 Å². The van der Waals surface area contributed by atoms with E-state index >= 15 is 0 Å². The minimum absolute atomic E-state index is 0.190. The van der Waals surface area contributed by atoms with Crippen LogP contribution in [0.2, 0.25) is 0 Å². The first-order chi connectivity index (χ1) is 10.9. The van der Waals surface area contributed by atoms with E-state index in [2.05, 4.69) is 39.0 Å². The summed E-state index contributed by atoms with van der Waals surface area (Å²) in [7, 11) is -3.34. The molecule has 7 nitrogen and oxygen atoms in total. The number of aromatic nitrogens is 2. The van der Waals surface area contributed by atoms with Crippen molar-refractivity contribution in [1.82, 2.24) is 10.2 Å². The summed E-state index contributed by atoms with van der Waals surface area (Å²) in [5.41, 5.74) is 2.05. The molecule has 0 aliphatic heterocycles. The Kier molecular flexibility index (Phi) is 5.38. The van der Waals surface area contributed by atoms with E-state index < -0.39 is 10.0 Å². The van der Waals surface area contributed by atoms with Crippen molar-refractivity contribution in [3.8, 4) is 0 Å². The van der Waals surface area contributed by atoms with Gasteiger partial charge in [0.25, 0.3) is 0 Å². The van der Waals surface area contributed by atoms with Crippen molar-refractivity contribution in [2.75, 3.05) is 34.3 Å². The monoisotopic (exact) mass is 335 g/mol. The van der Waals surface area contributed by atoms with E-state index in [0.29, 0.717) is 5.82 Å². The van der Waals surface area contributed by atoms with Crippen molar-refractivity contribution >= 4 is 33.0 Å². The van der Waals surface area contributed by atoms with E-state index in [1.165, 1.54) is 5.69 Å². The number of anilines is 4. The van der Waals surface area contributed by atoms with Crippen molar-refractivity contribution in [3.63, 3.8) is 0 Å². The largest absolute Gasteiger partial charge is 0.372 e. The van der Waals surface area contributed by atoms with Gasteiger partial charge in [0.1, 0.15) is 0 Å². The summed E-state index contributed by atoms with van der Waals surface area (Å²) in [4.78, 5) is 2.26. The van der Waals surface area contributed by atoms with E-state index in [9.17, 15) is 8.42 Å². The van der Waals surface area contributed by atoms with Gasteiger partial charge in [-0.2, -0.15) is 0 Å². The Balaban J connectivity index is 2.04. The highest BCUT2D eigenvalue weighted by atomic mass is 32.2. The maximum absolute atomic E-state index is 11.1. The molecule has 2 rings (SSSR count). The lowest BCUT2D eigenvalue weighted by molar-refractivity contribution is 0.606. The van der Waals surface area contributed by atoms with Crippen LogP contribution in [-0.4, -0.2) is 38.0 Å². The summed E-state index contributed by atoms with van der Waals surface area (Å²) in [6.45, 7) is 6.17. The fourth-order valence-electron chi connectivity index (χ4n) is 2.14. The number of nitrogens with zero attached hydrogens (tertiary/aromatic N) is 3. The van der Waals surface area contributed by atoms with Crippen LogP contribution >= 0.6 is 0 Å². The van der Waals surface area contributed by atoms with Crippen LogP contribution in [-0.2, 0) is 10.0 Å². The summed E-state index contributed by atoms with van der Waals surface area (Å²) < 4.78 is 24.5. The van der Waals surface area contributed by atoms with Crippen LogP contribution in [0.3, 0.4) is 0 Å². The molecule has 2 aromatic rings. The quantitative estimate of drug-likeness (QED) is 0.808. The van der Waals surface area contributed by atoms with Gasteiger partial charge in [0.2, 0.25) is 10.0 Å². The van der Waals surface area contributed by atoms with Gasteiger partial charge in [-0.15, -0.1) is 10.2 Å². The summed E-state index contributed by atoms with van der Waals surface area (Å²) >= 11 is 0. The lowest BCUT2D eigenvalue weighted by Gasteiger charge is -2.21. The molecule has 1 aromatic heterocycles. The summed E-state index contributed by atoms with van der Waals surface area (Å²) in [5, 5.41) is 10.9. The van der Waals surface area contributed by atoms with E-state index in [1.54, 1.807) is 12.1 Å². The van der Waals surface area contributed by atoms with Crippen LogP contribution in [0.1, 0.15) is 13.8 Å². The van der Waals surface area contributed by atoms with Crippen molar-refractivity contribution < 1.29 is 8.42 Å². The Morgan fingerprint density at radius 3 is 2.00 bits per heavy atom. The number of nitrogens with one attached hydrogen (secondary N) is 2. The van der Waals surface area contributed by atoms with E-state index in [4.69, 9.17) is 0 Å². The Labute approximate surface area is 136 Å². The molecule has 0 spiro atoms. The number of sulfonamides is 1. The van der Waals surface area contributed by atoms with E-state index in [1.807, 2.05) is 24.3 Å². The number of rotatable bonds is 7. The topological polar surface area (TPSA) is 87.2 Å². The molecular formula is C15H21N5O2S. The first-order valence-corrected chi connectivity index (χ1v) is 9.24. The molecular weight excluding hydrogens is 314 g/mol. The predicted octanol–water partition coefficient (Wildman–Crippen LogP) is 2.44. The molecule has 0 aliphatic rings. The fourth-order valence-corrected chi connectivity index (χ4v) is 2.62. The van der Waals surface area contributed by atoms with Gasteiger partial charge in [-0.1, -0.05) is 0 Å². The SMILES string of the molecule is CCN(CC)c1ccc(Nc2ccc(NS(C)(=O)=O)nn2)cc1. The first kappa shape index (κ1) is 17.0. The fraction of sp³-hybridized carbons (Fsp3) is 0.333. The lowest BCUT2D eigenvalue weighted by atomic mass is 10.2. The molecule has 0 aliphatic carbocycles. The molecule has 8 heteroatoms. The summed E-state index contributed by atoms with van der Waals surface area (Å²) in [6.07, 6.45) is 1.07. The van der Waals surface area contributed by atoms with Crippen LogP contribution in [0, 0.1) is 0 Å². The normalized spacial score (nSPS) is 11.1. The molecule has 0 radical (unpaired) electrons. The lowest BCUT2D eigenvalue weighted by Crippen LogP contribution is -2.21. The van der Waals surface area contributed by atoms with Gasteiger partial charge in [-0.05, 0) is 50.2 Å². The van der Waals surface area contributed by atoms with E-state index in [0.717, 1.165) is 25.0 Å². The third-order valence-corrected chi connectivity index (χ3v) is 3.80. The van der Waals surface area contributed by atoms with Gasteiger partial charge in [-0.3, -0.25) is 4.72 Å². The first-order valence-electron chi connectivity index (χ1n) is 7.35. The summed E-state index contributed by atoms with van der Waals surface area (Å²) in [6, 6.07) is 11.3. The molecule has 0 amide bonds. The van der Waals surface area contributed by atoms with Crippen molar-refractivity contribution in [1.29, 1.82) is 0 Å². The van der Waals surface area contributed by atoms with Crippen molar-refractivity contribution in [2.45, 2.75) is 13.8 Å². The van der Waals surface area contributed by atoms with Gasteiger partial charge >= 0.3 is 0 Å². The number of hydrogen-bond acceptors (Lipinski definition) is 6. The molecule has 0 bridgehead atoms. The predicted molar refractivity (Wildman–Crippen MR) is 93.8 cm³/mol. The Hall–Kier alpha value is -2.35. The van der Waals surface area contributed by atoms with E-state index in [-0.39, 0.29) is 5.82 Å². The molecule has 1 aromatic carbocycles. The highest BCUT2D eigenvalue weighted by molar-refractivity contribution is 7.92. The van der Waals surface area contributed by atoms with Crippen LogP contribution in [0.25, 0.3) is 0 Å². The Bertz CT molecular complexity index is 725. The molecule has 0 fully saturated rings. The number of benzene rings is 1. The maximum Gasteiger partial charge on any atom is 0.231 e. The average Bonchev–Trinajstić information content (AvgIpc) is 2.51. The molecule has 2 N–H and O–H groups in total. The highest BCUT2D eigenvalue weighted by Crippen LogP contribution is 2.20. The zero-order valence-electron chi connectivity index (χ0n) is 13.4. The van der Waals surface area contributed by atoms with Crippen LogP contribution in [0.4, 0.5) is 23.0 Å². The van der Waals surface area contributed by atoms with Gasteiger partial charge in [0.05, 0.1) is 6.26 Å². The molecule has 0 saturated heterocycles. The minimum atomic E-state index is -3.34. The molecule has 1 heterocycles. The second-order valence-electron chi connectivity index (χ2n) is 5.02. The van der Waals surface area contributed by atoms with Crippen LogP contribution < -0.4 is 14.9 Å². The maximum atomic E-state index is 11.1. The Morgan fingerprint density at radius 2 is 1.52 bits per heavy atom. The smallest absolute Gasteiger partial charge is 0.231 e. The second kappa shape index (κ2) is 7.28. The molecule has 0 atom stereocenters. The number of hydrogen-bond donors (Lipinski definition) is 2. The van der Waals surface area contributed by atoms with Crippen molar-refractivity contribution in [2.24, 2.45) is 0 Å². The molecule has 23 heavy (non-hydrogen) atoms. The minimum Gasteiger partial charge on any atom is -0.372 e. The van der Waals surface area contributed by atoms with Crippen LogP contribution in [0.5, 0.6) is 0 Å². The average molecular weight is 335 g/mol. The third kappa shape index (κ3) is 5.10. The van der Waals surface area contributed by atoms with Gasteiger partial charge in [0.15, 0.2) is 11.6 Å². The zero-order valence-corrected chi connectivity index (χ0v) is 14.3. The molecule has 0 unspecified atom stereocenters. The second-order valence-corrected chi connectivity index (χ2v) is 6.77.